The summed E-state index contributed by atoms with van der Waals surface area (Å²) in [4.78, 5) is 77.1. The lowest BCUT2D eigenvalue weighted by atomic mass is 10.0. The first kappa shape index (κ1) is 66.9. The van der Waals surface area contributed by atoms with Gasteiger partial charge >= 0.3 is 35.8 Å². The summed E-state index contributed by atoms with van der Waals surface area (Å²) in [6.45, 7) is 8.20. The highest BCUT2D eigenvalue weighted by Crippen LogP contribution is 2.32. The van der Waals surface area contributed by atoms with Gasteiger partial charge in [0.05, 0.1) is 48.7 Å². The zero-order chi connectivity index (χ0) is 61.5. The Balaban J connectivity index is 0.796. The summed E-state index contributed by atoms with van der Waals surface area (Å²) in [6.07, 6.45) is 20.5. The Morgan fingerprint density at radius 1 is 0.326 bits per heavy atom. The van der Waals surface area contributed by atoms with Gasteiger partial charge in [-0.25, -0.2) is 19.2 Å². The minimum Gasteiger partial charge on any atom is -0.493 e. The second-order valence-corrected chi connectivity index (χ2v) is 21.8. The molecule has 14 heteroatoms. The van der Waals surface area contributed by atoms with Crippen LogP contribution in [-0.4, -0.2) is 62.2 Å². The van der Waals surface area contributed by atoms with Crippen molar-refractivity contribution in [3.8, 4) is 56.8 Å². The first-order valence-corrected chi connectivity index (χ1v) is 30.8. The van der Waals surface area contributed by atoms with E-state index in [9.17, 15) is 28.8 Å². The number of carbonyl (C=O) groups excluding carboxylic acids is 6. The van der Waals surface area contributed by atoms with Crippen molar-refractivity contribution in [2.75, 3.05) is 14.2 Å². The van der Waals surface area contributed by atoms with Crippen molar-refractivity contribution >= 4 is 35.8 Å². The monoisotopic (exact) mass is 1170 g/mol. The number of rotatable bonds is 37. The first-order chi connectivity index (χ1) is 41.8. The average Bonchev–Trinajstić information content (AvgIpc) is 3.62. The number of hydrogen-bond donors (Lipinski definition) is 0. The number of methoxy groups -OCH3 is 2. The molecule has 14 nitrogen and oxygen atoms in total. The first-order valence-electron chi connectivity index (χ1n) is 30.8. The number of esters is 6. The number of unbranched alkanes of at least 4 members (excludes halogenated alkanes) is 15. The van der Waals surface area contributed by atoms with Crippen molar-refractivity contribution in [2.45, 2.75) is 181 Å². The fraction of sp³-hybridized carbons (Fsp3) is 0.417. The second kappa shape index (κ2) is 36.6. The van der Waals surface area contributed by atoms with Gasteiger partial charge in [-0.3, -0.25) is 9.59 Å². The van der Waals surface area contributed by atoms with E-state index in [1.54, 1.807) is 48.5 Å². The summed E-state index contributed by atoms with van der Waals surface area (Å²) in [6, 6.07) is 37.7. The molecular weight excluding hydrogens is 1090 g/mol. The summed E-state index contributed by atoms with van der Waals surface area (Å²) in [5.74, 6) is -1.01. The number of carbonyl (C=O) groups is 6. The smallest absolute Gasteiger partial charge is 0.343 e. The Kier molecular flexibility index (Phi) is 28.4. The molecule has 0 saturated heterocycles. The Bertz CT molecular complexity index is 2870. The lowest BCUT2D eigenvalue weighted by Crippen LogP contribution is -2.15. The van der Waals surface area contributed by atoms with E-state index in [1.807, 2.05) is 62.4 Å². The van der Waals surface area contributed by atoms with Gasteiger partial charge in [-0.1, -0.05) is 152 Å². The molecule has 0 heterocycles. The molecule has 0 amide bonds. The van der Waals surface area contributed by atoms with Crippen LogP contribution in [0, 0.1) is 0 Å². The molecule has 0 radical (unpaired) electrons. The SMILES string of the molecule is CCCCCCC(C)OC(=O)c1ccc(-c2ccc(OC(=O)c3ccc(OC(=O)CCCCCCCCCCCCC(=O)Oc4ccc(C(=O)Oc5ccc(-c6ccc(C(=O)OC(C)CCCCCC)cc6)cc5)cc4OC)c(OC)c3)cc2)cc1. The van der Waals surface area contributed by atoms with Crippen LogP contribution in [0.5, 0.6) is 34.5 Å². The van der Waals surface area contributed by atoms with Crippen LogP contribution in [0.2, 0.25) is 0 Å². The third-order valence-electron chi connectivity index (χ3n) is 14.8. The molecule has 6 rings (SSSR count). The van der Waals surface area contributed by atoms with Gasteiger partial charge in [0.1, 0.15) is 11.5 Å². The van der Waals surface area contributed by atoms with E-state index in [0.717, 1.165) is 125 Å². The molecule has 0 aliphatic heterocycles. The summed E-state index contributed by atoms with van der Waals surface area (Å²) < 4.78 is 44.7. The van der Waals surface area contributed by atoms with Crippen LogP contribution in [0.1, 0.15) is 210 Å². The molecule has 0 saturated carbocycles. The van der Waals surface area contributed by atoms with Crippen LogP contribution in [0.25, 0.3) is 22.3 Å². The van der Waals surface area contributed by atoms with E-state index in [0.29, 0.717) is 35.5 Å². The second-order valence-electron chi connectivity index (χ2n) is 21.8. The zero-order valence-corrected chi connectivity index (χ0v) is 51.1. The van der Waals surface area contributed by atoms with Gasteiger partial charge < -0.3 is 37.9 Å². The Labute approximate surface area is 508 Å². The molecule has 6 aromatic carbocycles. The van der Waals surface area contributed by atoms with Crippen molar-refractivity contribution in [3.05, 3.63) is 156 Å². The number of hydrogen-bond acceptors (Lipinski definition) is 14. The molecule has 0 aliphatic rings. The Morgan fingerprint density at radius 2 is 0.628 bits per heavy atom. The fourth-order valence-electron chi connectivity index (χ4n) is 9.75. The molecule has 0 N–H and O–H groups in total. The molecule has 458 valence electrons. The minimum absolute atomic E-state index is 0.136. The maximum atomic E-state index is 13.1. The van der Waals surface area contributed by atoms with Crippen molar-refractivity contribution in [2.24, 2.45) is 0 Å². The molecule has 86 heavy (non-hydrogen) atoms. The molecule has 6 aromatic rings. The van der Waals surface area contributed by atoms with E-state index in [4.69, 9.17) is 37.9 Å². The van der Waals surface area contributed by atoms with Crippen LogP contribution in [0.4, 0.5) is 0 Å². The summed E-state index contributed by atoms with van der Waals surface area (Å²) in [5.41, 5.74) is 5.01. The molecule has 0 bridgehead atoms. The lowest BCUT2D eigenvalue weighted by molar-refractivity contribution is -0.135. The third kappa shape index (κ3) is 22.6. The van der Waals surface area contributed by atoms with E-state index >= 15 is 0 Å². The van der Waals surface area contributed by atoms with Gasteiger partial charge in [0, 0.05) is 12.8 Å². The van der Waals surface area contributed by atoms with Crippen LogP contribution >= 0.6 is 0 Å². The standard InChI is InChI=1S/C72H86O14/c1-7-9-11-21-25-51(3)81-69(75)57-33-29-53(30-34-57)55-37-43-61(44-38-55)83-71(77)59-41-47-63(65(49-59)79-5)85-67(73)27-23-19-17-15-13-14-16-18-20-24-28-68(74)86-64-48-42-60(50-66(64)80-6)72(78)84-62-45-39-56(40-46-62)54-31-35-58(36-32-54)70(76)82-52(4)26-22-12-10-8-2/h29-52H,7-28H2,1-6H3. The normalized spacial score (nSPS) is 11.7. The Hall–Kier alpha value is -8.26. The molecule has 0 fully saturated rings. The topological polar surface area (TPSA) is 176 Å². The molecule has 0 spiro atoms. The van der Waals surface area contributed by atoms with Gasteiger partial charge in [-0.2, -0.15) is 0 Å². The zero-order valence-electron chi connectivity index (χ0n) is 51.1. The largest absolute Gasteiger partial charge is 0.493 e. The number of benzene rings is 6. The van der Waals surface area contributed by atoms with Crippen LogP contribution in [0.3, 0.4) is 0 Å². The maximum Gasteiger partial charge on any atom is 0.343 e. The Morgan fingerprint density at radius 3 is 0.953 bits per heavy atom. The van der Waals surface area contributed by atoms with E-state index < -0.39 is 11.9 Å². The quantitative estimate of drug-likeness (QED) is 0.0204. The van der Waals surface area contributed by atoms with Crippen molar-refractivity contribution < 1.29 is 66.7 Å². The molecule has 0 aliphatic carbocycles. The molecular formula is C72H86O14. The van der Waals surface area contributed by atoms with Gasteiger partial charge in [0.25, 0.3) is 0 Å². The van der Waals surface area contributed by atoms with Crippen molar-refractivity contribution in [1.29, 1.82) is 0 Å². The highest BCUT2D eigenvalue weighted by molar-refractivity contribution is 5.94. The summed E-state index contributed by atoms with van der Waals surface area (Å²) in [7, 11) is 2.88. The summed E-state index contributed by atoms with van der Waals surface area (Å²) >= 11 is 0. The summed E-state index contributed by atoms with van der Waals surface area (Å²) in [5, 5.41) is 0. The van der Waals surface area contributed by atoms with Gasteiger partial charge in [0.2, 0.25) is 0 Å². The predicted molar refractivity (Wildman–Crippen MR) is 334 cm³/mol. The van der Waals surface area contributed by atoms with Crippen molar-refractivity contribution in [3.63, 3.8) is 0 Å². The van der Waals surface area contributed by atoms with E-state index in [1.165, 1.54) is 63.5 Å². The van der Waals surface area contributed by atoms with Crippen LogP contribution < -0.4 is 28.4 Å². The highest BCUT2D eigenvalue weighted by Gasteiger charge is 2.20. The fourth-order valence-corrected chi connectivity index (χ4v) is 9.75. The predicted octanol–water partition coefficient (Wildman–Crippen LogP) is 17.7. The van der Waals surface area contributed by atoms with E-state index in [-0.39, 0.29) is 83.1 Å². The van der Waals surface area contributed by atoms with Gasteiger partial charge in [-0.15, -0.1) is 0 Å². The highest BCUT2D eigenvalue weighted by atomic mass is 16.6. The molecule has 2 atom stereocenters. The third-order valence-corrected chi connectivity index (χ3v) is 14.8. The van der Waals surface area contributed by atoms with E-state index in [2.05, 4.69) is 13.8 Å². The molecule has 0 aromatic heterocycles. The van der Waals surface area contributed by atoms with Crippen LogP contribution in [0.15, 0.2) is 133 Å². The van der Waals surface area contributed by atoms with Crippen molar-refractivity contribution in [1.82, 2.24) is 0 Å². The van der Waals surface area contributed by atoms with Crippen LogP contribution in [-0.2, 0) is 19.1 Å². The van der Waals surface area contributed by atoms with Gasteiger partial charge in [-0.05, 0) is 160 Å². The van der Waals surface area contributed by atoms with Gasteiger partial charge in [0.15, 0.2) is 23.0 Å². The lowest BCUT2D eigenvalue weighted by Gasteiger charge is -2.13. The minimum atomic E-state index is -0.596. The number of ether oxygens (including phenoxy) is 8. The average molecular weight is 1180 g/mol. The molecule has 2 unspecified atom stereocenters. The maximum absolute atomic E-state index is 13.1.